The van der Waals surface area contributed by atoms with E-state index in [2.05, 4.69) is 116 Å². The molecule has 9 aromatic rings. The molecule has 0 radical (unpaired) electrons. The maximum absolute atomic E-state index is 8.76. The zero-order chi connectivity index (χ0) is 38.5. The zero-order valence-corrected chi connectivity index (χ0v) is 28.2. The lowest BCUT2D eigenvalue weighted by molar-refractivity contribution is 0.660. The first-order chi connectivity index (χ1) is 27.1. The number of rotatable bonds is 5. The van der Waals surface area contributed by atoms with Crippen LogP contribution in [0.5, 0.6) is 0 Å². The van der Waals surface area contributed by atoms with Crippen molar-refractivity contribution in [3.05, 3.63) is 187 Å². The standard InChI is InChI=1S/C49H35NO/c1-49(2)45-23-12-11-19-39(45)40-29-28-36(30-46(40)49)50(34-16-7-4-8-17-34)35-26-24-33(25-27-35)37-21-13-22-42-44-31-43(32-14-5-3-6-15-32)38-18-9-10-20-41(38)48(44)51-47(37)42/h3-31H,1-2H3/i3D,5D,6D,14D,15D. The van der Waals surface area contributed by atoms with E-state index >= 15 is 0 Å². The molecular weight excluding hydrogens is 619 g/mol. The lowest BCUT2D eigenvalue weighted by Crippen LogP contribution is -2.16. The van der Waals surface area contributed by atoms with Crippen molar-refractivity contribution in [1.82, 2.24) is 0 Å². The highest BCUT2D eigenvalue weighted by atomic mass is 16.3. The van der Waals surface area contributed by atoms with Gasteiger partial charge in [0.2, 0.25) is 0 Å². The first-order valence-corrected chi connectivity index (χ1v) is 17.3. The van der Waals surface area contributed by atoms with Crippen LogP contribution in [0.3, 0.4) is 0 Å². The molecule has 242 valence electrons. The van der Waals surface area contributed by atoms with Crippen LogP contribution in [0.15, 0.2) is 180 Å². The molecule has 0 N–H and O–H groups in total. The average Bonchev–Trinajstić information content (AvgIpc) is 3.72. The number of para-hydroxylation sites is 2. The highest BCUT2D eigenvalue weighted by Gasteiger charge is 2.35. The van der Waals surface area contributed by atoms with E-state index in [1.165, 1.54) is 22.3 Å². The van der Waals surface area contributed by atoms with E-state index in [0.717, 1.165) is 55.3 Å². The van der Waals surface area contributed by atoms with Gasteiger partial charge in [0.1, 0.15) is 11.2 Å². The summed E-state index contributed by atoms with van der Waals surface area (Å²) in [4.78, 5) is 2.30. The molecule has 0 aliphatic heterocycles. The van der Waals surface area contributed by atoms with Crippen LogP contribution in [-0.4, -0.2) is 0 Å². The second-order valence-corrected chi connectivity index (χ2v) is 13.7. The smallest absolute Gasteiger partial charge is 0.143 e. The van der Waals surface area contributed by atoms with E-state index in [9.17, 15) is 0 Å². The third-order valence-corrected chi connectivity index (χ3v) is 10.6. The van der Waals surface area contributed by atoms with Crippen LogP contribution in [0.1, 0.15) is 31.8 Å². The molecule has 8 aromatic carbocycles. The first kappa shape index (κ1) is 24.7. The van der Waals surface area contributed by atoms with Crippen molar-refractivity contribution in [1.29, 1.82) is 0 Å². The second kappa shape index (κ2) is 11.3. The Bertz CT molecular complexity index is 3030. The molecule has 2 nitrogen and oxygen atoms in total. The third-order valence-electron chi connectivity index (χ3n) is 10.6. The topological polar surface area (TPSA) is 16.4 Å². The van der Waals surface area contributed by atoms with Crippen molar-refractivity contribution >= 4 is 49.8 Å². The Balaban J connectivity index is 1.11. The Kier molecular flexibility index (Phi) is 5.49. The van der Waals surface area contributed by atoms with Gasteiger partial charge in [0.15, 0.2) is 0 Å². The highest BCUT2D eigenvalue weighted by Crippen LogP contribution is 2.51. The molecule has 0 fully saturated rings. The van der Waals surface area contributed by atoms with Crippen LogP contribution in [0.2, 0.25) is 0 Å². The fourth-order valence-corrected chi connectivity index (χ4v) is 8.08. The number of fused-ring (bicyclic) bond motifs is 8. The van der Waals surface area contributed by atoms with Crippen molar-refractivity contribution in [2.24, 2.45) is 0 Å². The van der Waals surface area contributed by atoms with E-state index in [1.807, 2.05) is 48.5 Å². The largest absolute Gasteiger partial charge is 0.455 e. The SMILES string of the molecule is [2H]c1c([2H])c([2H])c(-c2cc3c4cccc(-c5ccc(N(c6ccccc6)c6ccc7c(c6)C(C)(C)c6ccccc6-7)cc5)c4oc3c3ccccc23)c([2H])c1[2H]. The van der Waals surface area contributed by atoms with Crippen molar-refractivity contribution in [2.75, 3.05) is 4.90 Å². The van der Waals surface area contributed by atoms with Gasteiger partial charge >= 0.3 is 0 Å². The molecule has 0 saturated heterocycles. The molecule has 0 saturated carbocycles. The molecule has 0 unspecified atom stereocenters. The molecule has 0 atom stereocenters. The first-order valence-electron chi connectivity index (χ1n) is 19.8. The van der Waals surface area contributed by atoms with Crippen LogP contribution in [0.4, 0.5) is 17.1 Å². The number of nitrogens with zero attached hydrogens (tertiary/aromatic N) is 1. The molecule has 0 bridgehead atoms. The van der Waals surface area contributed by atoms with Gasteiger partial charge in [-0.2, -0.15) is 0 Å². The van der Waals surface area contributed by atoms with E-state index in [4.69, 9.17) is 11.3 Å². The summed E-state index contributed by atoms with van der Waals surface area (Å²) in [5, 5.41) is 3.26. The molecule has 51 heavy (non-hydrogen) atoms. The molecular formula is C49H35NO. The Hall–Kier alpha value is -6.38. The van der Waals surface area contributed by atoms with Crippen LogP contribution in [-0.2, 0) is 5.41 Å². The molecule has 1 aliphatic carbocycles. The number of hydrogen-bond donors (Lipinski definition) is 0. The maximum atomic E-state index is 8.76. The van der Waals surface area contributed by atoms with Gasteiger partial charge in [0, 0.05) is 44.2 Å². The van der Waals surface area contributed by atoms with E-state index in [0.29, 0.717) is 11.1 Å². The molecule has 1 aromatic heterocycles. The maximum Gasteiger partial charge on any atom is 0.143 e. The van der Waals surface area contributed by atoms with Crippen molar-refractivity contribution in [3.8, 4) is 33.4 Å². The van der Waals surface area contributed by atoms with Crippen molar-refractivity contribution in [3.63, 3.8) is 0 Å². The van der Waals surface area contributed by atoms with Crippen LogP contribution >= 0.6 is 0 Å². The van der Waals surface area contributed by atoms with Gasteiger partial charge in [-0.1, -0.05) is 147 Å². The molecule has 10 rings (SSSR count). The highest BCUT2D eigenvalue weighted by molar-refractivity contribution is 6.20. The summed E-state index contributed by atoms with van der Waals surface area (Å²) in [5.74, 6) is 0. The summed E-state index contributed by atoms with van der Waals surface area (Å²) in [5.41, 5.74) is 12.4. The number of hydrogen-bond acceptors (Lipinski definition) is 2. The fourth-order valence-electron chi connectivity index (χ4n) is 8.08. The summed E-state index contributed by atoms with van der Waals surface area (Å²) in [6, 6.07) is 48.7. The third kappa shape index (κ3) is 4.57. The van der Waals surface area contributed by atoms with Gasteiger partial charge < -0.3 is 9.32 Å². The molecule has 2 heteroatoms. The quantitative estimate of drug-likeness (QED) is 0.183. The minimum Gasteiger partial charge on any atom is -0.455 e. The summed E-state index contributed by atoms with van der Waals surface area (Å²) < 4.78 is 49.2. The predicted molar refractivity (Wildman–Crippen MR) is 214 cm³/mol. The number of anilines is 3. The summed E-state index contributed by atoms with van der Waals surface area (Å²) in [7, 11) is 0. The van der Waals surface area contributed by atoms with E-state index in [-0.39, 0.29) is 35.1 Å². The number of benzene rings is 8. The van der Waals surface area contributed by atoms with Gasteiger partial charge in [0.25, 0.3) is 0 Å². The fraction of sp³-hybridized carbons (Fsp3) is 0.0612. The molecule has 0 spiro atoms. The Labute approximate surface area is 304 Å². The Morgan fingerprint density at radius 1 is 0.451 bits per heavy atom. The van der Waals surface area contributed by atoms with E-state index < -0.39 is 6.04 Å². The molecule has 1 aliphatic rings. The lowest BCUT2D eigenvalue weighted by atomic mass is 9.82. The second-order valence-electron chi connectivity index (χ2n) is 13.7. The summed E-state index contributed by atoms with van der Waals surface area (Å²) in [6.07, 6.45) is 0. The zero-order valence-electron chi connectivity index (χ0n) is 33.2. The van der Waals surface area contributed by atoms with Crippen LogP contribution in [0.25, 0.3) is 66.1 Å². The van der Waals surface area contributed by atoms with Gasteiger partial charge in [-0.15, -0.1) is 0 Å². The minimum absolute atomic E-state index is 0.125. The van der Waals surface area contributed by atoms with Gasteiger partial charge in [-0.3, -0.25) is 0 Å². The Morgan fingerprint density at radius 3 is 1.90 bits per heavy atom. The summed E-state index contributed by atoms with van der Waals surface area (Å²) >= 11 is 0. The molecule has 1 heterocycles. The van der Waals surface area contributed by atoms with Gasteiger partial charge in [0.05, 0.1) is 6.85 Å². The normalized spacial score (nSPS) is 14.4. The minimum atomic E-state index is -0.410. The number of furan rings is 1. The summed E-state index contributed by atoms with van der Waals surface area (Å²) in [6.45, 7) is 4.61. The van der Waals surface area contributed by atoms with E-state index in [1.54, 1.807) is 0 Å². The van der Waals surface area contributed by atoms with Crippen LogP contribution in [0, 0.1) is 0 Å². The van der Waals surface area contributed by atoms with Gasteiger partial charge in [-0.05, 0) is 86.8 Å². The Morgan fingerprint density at radius 2 is 1.08 bits per heavy atom. The van der Waals surface area contributed by atoms with Crippen LogP contribution < -0.4 is 4.90 Å². The average molecular weight is 659 g/mol. The molecule has 0 amide bonds. The lowest BCUT2D eigenvalue weighted by Gasteiger charge is -2.28. The van der Waals surface area contributed by atoms with Crippen molar-refractivity contribution in [2.45, 2.75) is 19.3 Å². The van der Waals surface area contributed by atoms with Crippen molar-refractivity contribution < 1.29 is 11.3 Å². The monoisotopic (exact) mass is 658 g/mol. The van der Waals surface area contributed by atoms with Gasteiger partial charge in [-0.25, -0.2) is 0 Å². The predicted octanol–water partition coefficient (Wildman–Crippen LogP) is 13.8.